The van der Waals surface area contributed by atoms with E-state index in [2.05, 4.69) is 4.90 Å². The molecule has 1 aromatic heterocycles. The van der Waals surface area contributed by atoms with Crippen molar-refractivity contribution < 1.29 is 57.2 Å². The molecule has 0 spiro atoms. The summed E-state index contributed by atoms with van der Waals surface area (Å²) in [5.74, 6) is -2.00. The van der Waals surface area contributed by atoms with E-state index in [1.165, 1.54) is 51.4 Å². The molecule has 0 bridgehead atoms. The van der Waals surface area contributed by atoms with Crippen LogP contribution in [0.3, 0.4) is 0 Å². The van der Waals surface area contributed by atoms with Crippen molar-refractivity contribution in [2.24, 2.45) is 11.3 Å². The molecule has 2 aromatic carbocycles. The van der Waals surface area contributed by atoms with E-state index in [1.54, 1.807) is 49.4 Å². The molecule has 0 radical (unpaired) electrons. The Morgan fingerprint density at radius 2 is 1.47 bits per heavy atom. The minimum absolute atomic E-state index is 0.0777. The highest BCUT2D eigenvalue weighted by molar-refractivity contribution is 7.22. The van der Waals surface area contributed by atoms with Gasteiger partial charge in [-0.2, -0.15) is 0 Å². The third-order valence-corrected chi connectivity index (χ3v) is 11.0. The lowest BCUT2D eigenvalue weighted by Gasteiger charge is -2.28. The van der Waals surface area contributed by atoms with Crippen molar-refractivity contribution in [1.82, 2.24) is 4.90 Å². The smallest absolute Gasteiger partial charge is 0.311 e. The van der Waals surface area contributed by atoms with Crippen LogP contribution in [0.5, 0.6) is 11.5 Å². The largest absolute Gasteiger partial charge is 0.493 e. The number of likely N-dealkylation sites (tertiary alicyclic amines) is 1. The number of nitrogens with zero attached hydrogens (tertiary/aromatic N) is 1. The monoisotopic (exact) mass is 817 g/mol. The predicted octanol–water partition coefficient (Wildman–Crippen LogP) is 7.39. The first kappa shape index (κ1) is 43.8. The summed E-state index contributed by atoms with van der Waals surface area (Å²) in [5, 5.41) is 0.698. The molecular weight excluding hydrogens is 767 g/mol. The molecule has 2 atom stereocenters. The van der Waals surface area contributed by atoms with Gasteiger partial charge in [0.1, 0.15) is 37.1 Å². The standard InChI is InChI=1S/C44H51NO12S/c1-28(24-40(50)57-36(26-53-29(2)46)27-54-30(3)47)23-39(49)56-35-13-14-37-38(25-35)58-42(32-9-11-34(12-10-32)55-31(4)48)41(37)43(51)44(5)17-15-33(16-18-44)52-22-21-45-19-7-6-8-20-45/h9-17,25,28,36H,6-8,18-24,26-27H2,1-5H3. The number of hydrogen-bond donors (Lipinski definition) is 0. The number of ether oxygens (including phenoxy) is 6. The maximum atomic E-state index is 14.6. The molecular formula is C44H51NO12S. The number of fused-ring (bicyclic) bond motifs is 1. The Balaban J connectivity index is 1.29. The van der Waals surface area contributed by atoms with Gasteiger partial charge in [-0.15, -0.1) is 11.3 Å². The zero-order valence-corrected chi connectivity index (χ0v) is 34.5. The van der Waals surface area contributed by atoms with Crippen LogP contribution in [0, 0.1) is 11.3 Å². The number of thiophene rings is 1. The van der Waals surface area contributed by atoms with Gasteiger partial charge in [0.2, 0.25) is 0 Å². The molecule has 58 heavy (non-hydrogen) atoms. The summed E-state index contributed by atoms with van der Waals surface area (Å²) < 4.78 is 32.9. The Morgan fingerprint density at radius 3 is 2.09 bits per heavy atom. The average Bonchev–Trinajstić information content (AvgIpc) is 3.55. The average molecular weight is 818 g/mol. The van der Waals surface area contributed by atoms with Crippen molar-refractivity contribution in [3.05, 3.63) is 72.0 Å². The van der Waals surface area contributed by atoms with Crippen LogP contribution in [-0.4, -0.2) is 86.1 Å². The van der Waals surface area contributed by atoms with Gasteiger partial charge in [-0.25, -0.2) is 0 Å². The molecule has 1 aliphatic heterocycles. The van der Waals surface area contributed by atoms with E-state index >= 15 is 0 Å². The number of ketones is 1. The molecule has 0 saturated carbocycles. The van der Waals surface area contributed by atoms with Gasteiger partial charge in [0.05, 0.1) is 5.41 Å². The van der Waals surface area contributed by atoms with Gasteiger partial charge in [-0.3, -0.25) is 33.7 Å². The van der Waals surface area contributed by atoms with E-state index in [4.69, 9.17) is 28.4 Å². The first-order chi connectivity index (χ1) is 27.7. The van der Waals surface area contributed by atoms with Crippen molar-refractivity contribution in [2.45, 2.75) is 79.2 Å². The molecule has 1 aliphatic carbocycles. The topological polar surface area (TPSA) is 161 Å². The van der Waals surface area contributed by atoms with Crippen LogP contribution in [0.2, 0.25) is 0 Å². The Morgan fingerprint density at radius 1 is 0.810 bits per heavy atom. The third-order valence-electron chi connectivity index (χ3n) is 9.76. The van der Waals surface area contributed by atoms with E-state index in [-0.39, 0.29) is 37.6 Å². The Hall–Kier alpha value is -5.34. The quantitative estimate of drug-likeness (QED) is 0.0542. The van der Waals surface area contributed by atoms with E-state index < -0.39 is 47.3 Å². The number of esters is 5. The fraction of sp³-hybridized carbons (Fsp3) is 0.455. The molecule has 0 N–H and O–H groups in total. The van der Waals surface area contributed by atoms with Gasteiger partial charge < -0.3 is 28.4 Å². The Kier molecular flexibility index (Phi) is 15.4. The van der Waals surface area contributed by atoms with Gasteiger partial charge in [0.15, 0.2) is 11.9 Å². The fourth-order valence-electron chi connectivity index (χ4n) is 6.75. The maximum absolute atomic E-state index is 14.6. The first-order valence-electron chi connectivity index (χ1n) is 19.5. The van der Waals surface area contributed by atoms with Crippen LogP contribution < -0.4 is 9.47 Å². The summed E-state index contributed by atoms with van der Waals surface area (Å²) in [5.41, 5.74) is 0.424. The number of piperidine rings is 1. The van der Waals surface area contributed by atoms with Crippen molar-refractivity contribution in [3.8, 4) is 21.9 Å². The molecule has 5 rings (SSSR count). The number of carbonyl (C=O) groups is 6. The van der Waals surface area contributed by atoms with Gasteiger partial charge in [-0.1, -0.05) is 19.4 Å². The lowest BCUT2D eigenvalue weighted by Crippen LogP contribution is -2.32. The predicted molar refractivity (Wildman–Crippen MR) is 216 cm³/mol. The number of benzene rings is 2. The SMILES string of the molecule is CC(=O)OCC(COC(C)=O)OC(=O)CC(C)CC(=O)Oc1ccc2c(C(=O)C3(C)C=CC(OCCN4CCCCC4)=CC3)c(-c3ccc(OC(C)=O)cc3)sc2c1. The molecule has 0 amide bonds. The van der Waals surface area contributed by atoms with Gasteiger partial charge >= 0.3 is 29.8 Å². The summed E-state index contributed by atoms with van der Waals surface area (Å²) in [7, 11) is 0. The first-order valence-corrected chi connectivity index (χ1v) is 20.3. The zero-order chi connectivity index (χ0) is 41.8. The van der Waals surface area contributed by atoms with Crippen LogP contribution in [0.1, 0.15) is 83.5 Å². The molecule has 13 nitrogen and oxygen atoms in total. The minimum Gasteiger partial charge on any atom is -0.493 e. The molecule has 2 unspecified atom stereocenters. The Labute approximate surface area is 342 Å². The van der Waals surface area contributed by atoms with Crippen LogP contribution in [0.4, 0.5) is 0 Å². The fourth-order valence-corrected chi connectivity index (χ4v) is 7.98. The van der Waals surface area contributed by atoms with Gasteiger partial charge in [0.25, 0.3) is 0 Å². The van der Waals surface area contributed by atoms with Crippen LogP contribution >= 0.6 is 11.3 Å². The van der Waals surface area contributed by atoms with Gasteiger partial charge in [-0.05, 0) is 105 Å². The Bertz CT molecular complexity index is 2030. The number of allylic oxidation sites excluding steroid dienone is 3. The molecule has 310 valence electrons. The van der Waals surface area contributed by atoms with E-state index in [0.717, 1.165) is 35.7 Å². The maximum Gasteiger partial charge on any atom is 0.311 e. The van der Waals surface area contributed by atoms with E-state index in [0.29, 0.717) is 34.6 Å². The number of hydrogen-bond acceptors (Lipinski definition) is 14. The normalized spacial score (nSPS) is 17.2. The zero-order valence-electron chi connectivity index (χ0n) is 33.7. The number of carbonyl (C=O) groups excluding carboxylic acids is 6. The molecule has 3 aromatic rings. The second-order valence-electron chi connectivity index (χ2n) is 14.9. The number of rotatable bonds is 18. The minimum atomic E-state index is -0.996. The molecule has 1 fully saturated rings. The van der Waals surface area contributed by atoms with Crippen LogP contribution in [-0.2, 0) is 42.9 Å². The highest BCUT2D eigenvalue weighted by Crippen LogP contribution is 2.45. The van der Waals surface area contributed by atoms with Crippen molar-refractivity contribution in [3.63, 3.8) is 0 Å². The lowest BCUT2D eigenvalue weighted by atomic mass is 9.76. The van der Waals surface area contributed by atoms with Crippen molar-refractivity contribution in [1.29, 1.82) is 0 Å². The number of Topliss-reactive ketones (excluding diaryl/α,β-unsaturated/α-hetero) is 1. The second kappa shape index (κ2) is 20.4. The lowest BCUT2D eigenvalue weighted by molar-refractivity contribution is -0.166. The van der Waals surface area contributed by atoms with E-state index in [1.807, 2.05) is 25.2 Å². The highest BCUT2D eigenvalue weighted by atomic mass is 32.1. The summed E-state index contributed by atoms with van der Waals surface area (Å²) in [6, 6.07) is 12.1. The van der Waals surface area contributed by atoms with Crippen LogP contribution in [0.15, 0.2) is 66.5 Å². The highest BCUT2D eigenvalue weighted by Gasteiger charge is 2.36. The third kappa shape index (κ3) is 12.6. The molecule has 2 aliphatic rings. The van der Waals surface area contributed by atoms with Crippen molar-refractivity contribution in [2.75, 3.05) is 39.5 Å². The summed E-state index contributed by atoms with van der Waals surface area (Å²) in [6.45, 7) is 10.4. The van der Waals surface area contributed by atoms with Crippen molar-refractivity contribution >= 4 is 57.1 Å². The summed E-state index contributed by atoms with van der Waals surface area (Å²) in [6.07, 6.45) is 8.68. The summed E-state index contributed by atoms with van der Waals surface area (Å²) >= 11 is 1.38. The van der Waals surface area contributed by atoms with Crippen LogP contribution in [0.25, 0.3) is 20.5 Å². The molecule has 2 heterocycles. The molecule has 1 saturated heterocycles. The van der Waals surface area contributed by atoms with E-state index in [9.17, 15) is 28.8 Å². The molecule has 14 heteroatoms. The van der Waals surface area contributed by atoms with Gasteiger partial charge in [0, 0.05) is 60.7 Å². The second-order valence-corrected chi connectivity index (χ2v) is 16.0. The summed E-state index contributed by atoms with van der Waals surface area (Å²) in [4.78, 5) is 77.5.